The zero-order valence-electron chi connectivity index (χ0n) is 15.9. The highest BCUT2D eigenvalue weighted by Crippen LogP contribution is 2.37. The Morgan fingerprint density at radius 3 is 2.19 bits per heavy atom. The molecule has 0 bridgehead atoms. The summed E-state index contributed by atoms with van der Waals surface area (Å²) in [6, 6.07) is 16.9. The Hall–Kier alpha value is -2.14. The highest BCUT2D eigenvalue weighted by atomic mass is 35.5. The van der Waals surface area contributed by atoms with E-state index in [0.717, 1.165) is 5.56 Å². The molecule has 0 amide bonds. The van der Waals surface area contributed by atoms with Crippen LogP contribution in [0.25, 0.3) is 0 Å². The van der Waals surface area contributed by atoms with Gasteiger partial charge in [-0.05, 0) is 36.1 Å². The van der Waals surface area contributed by atoms with Gasteiger partial charge < -0.3 is 4.74 Å². The summed E-state index contributed by atoms with van der Waals surface area (Å²) in [5.41, 5.74) is 1.22. The van der Waals surface area contributed by atoms with Crippen molar-refractivity contribution in [2.75, 3.05) is 7.11 Å². The van der Waals surface area contributed by atoms with Crippen LogP contribution in [0.5, 0.6) is 0 Å². The monoisotopic (exact) mass is 388 g/mol. The minimum atomic E-state index is -0.809. The molecule has 0 aliphatic carbocycles. The summed E-state index contributed by atoms with van der Waals surface area (Å²) < 4.78 is 4.81. The van der Waals surface area contributed by atoms with E-state index >= 15 is 0 Å². The summed E-state index contributed by atoms with van der Waals surface area (Å²) in [5.74, 6) is -0.558. The van der Waals surface area contributed by atoms with Crippen LogP contribution in [0.4, 0.5) is 0 Å². The molecule has 0 aliphatic rings. The van der Waals surface area contributed by atoms with Crippen molar-refractivity contribution in [1.82, 2.24) is 0 Å². The summed E-state index contributed by atoms with van der Waals surface area (Å²) in [7, 11) is 1.31. The smallest absolute Gasteiger partial charge is 0.336 e. The Morgan fingerprint density at radius 2 is 1.67 bits per heavy atom. The van der Waals surface area contributed by atoms with Crippen molar-refractivity contribution < 1.29 is 19.3 Å². The third-order valence-electron chi connectivity index (χ3n) is 4.68. The molecule has 4 nitrogen and oxygen atoms in total. The van der Waals surface area contributed by atoms with Crippen molar-refractivity contribution >= 4 is 17.6 Å². The number of halogens is 1. The predicted molar refractivity (Wildman–Crippen MR) is 106 cm³/mol. The van der Waals surface area contributed by atoms with Gasteiger partial charge in [-0.15, -0.1) is 0 Å². The number of hydrogen-bond acceptors (Lipinski definition) is 4. The lowest BCUT2D eigenvalue weighted by molar-refractivity contribution is -0.388. The molecular formula is C22H25ClO4. The average Bonchev–Trinajstić information content (AvgIpc) is 2.72. The number of hydrogen-bond donors (Lipinski definition) is 0. The highest BCUT2D eigenvalue weighted by Gasteiger charge is 2.34. The Labute approximate surface area is 165 Å². The van der Waals surface area contributed by atoms with Gasteiger partial charge in [-0.2, -0.15) is 0 Å². The molecule has 1 atom stereocenters. The number of esters is 1. The van der Waals surface area contributed by atoms with E-state index in [2.05, 4.69) is 6.58 Å². The fourth-order valence-electron chi connectivity index (χ4n) is 2.90. The van der Waals surface area contributed by atoms with E-state index in [0.29, 0.717) is 23.4 Å². The van der Waals surface area contributed by atoms with Gasteiger partial charge in [0.1, 0.15) is 11.7 Å². The summed E-state index contributed by atoms with van der Waals surface area (Å²) in [5, 5.41) is 0.586. The maximum Gasteiger partial charge on any atom is 0.336 e. The Kier molecular flexibility index (Phi) is 7.60. The Morgan fingerprint density at radius 1 is 1.07 bits per heavy atom. The molecule has 27 heavy (non-hydrogen) atoms. The molecule has 2 rings (SSSR count). The number of carbonyl (C=O) groups is 1. The summed E-state index contributed by atoms with van der Waals surface area (Å²) in [4.78, 5) is 23.8. The van der Waals surface area contributed by atoms with E-state index in [-0.39, 0.29) is 5.57 Å². The van der Waals surface area contributed by atoms with Crippen molar-refractivity contribution in [3.05, 3.63) is 82.9 Å². The van der Waals surface area contributed by atoms with Crippen LogP contribution in [-0.2, 0) is 24.9 Å². The van der Waals surface area contributed by atoms with Gasteiger partial charge in [-0.25, -0.2) is 14.6 Å². The van der Waals surface area contributed by atoms with Crippen LogP contribution >= 0.6 is 11.6 Å². The Bertz CT molecular complexity index is 752. The van der Waals surface area contributed by atoms with Crippen LogP contribution in [0.2, 0.25) is 5.02 Å². The van der Waals surface area contributed by atoms with E-state index in [1.54, 1.807) is 24.3 Å². The third-order valence-corrected chi connectivity index (χ3v) is 4.93. The minimum Gasteiger partial charge on any atom is -0.466 e. The molecule has 2 aromatic carbocycles. The second-order valence-corrected chi connectivity index (χ2v) is 6.63. The van der Waals surface area contributed by atoms with Crippen molar-refractivity contribution in [2.24, 2.45) is 0 Å². The lowest BCUT2D eigenvalue weighted by Crippen LogP contribution is -2.30. The van der Waals surface area contributed by atoms with Gasteiger partial charge in [0.25, 0.3) is 0 Å². The van der Waals surface area contributed by atoms with E-state index in [9.17, 15) is 4.79 Å². The number of methoxy groups -OCH3 is 1. The second-order valence-electron chi connectivity index (χ2n) is 6.20. The topological polar surface area (TPSA) is 44.8 Å². The van der Waals surface area contributed by atoms with Gasteiger partial charge in [0.2, 0.25) is 0 Å². The molecule has 2 aromatic rings. The van der Waals surface area contributed by atoms with Gasteiger partial charge in [-0.3, -0.25) is 0 Å². The summed E-state index contributed by atoms with van der Waals surface area (Å²) in [6.45, 7) is 7.91. The molecule has 0 radical (unpaired) electrons. The zero-order valence-corrected chi connectivity index (χ0v) is 16.7. The number of rotatable bonds is 9. The molecule has 144 valence electrons. The van der Waals surface area contributed by atoms with Gasteiger partial charge in [0.05, 0.1) is 12.7 Å². The first-order valence-electron chi connectivity index (χ1n) is 8.90. The van der Waals surface area contributed by atoms with Gasteiger partial charge in [0, 0.05) is 5.02 Å². The van der Waals surface area contributed by atoms with Crippen LogP contribution in [0.1, 0.15) is 43.9 Å². The predicted octanol–water partition coefficient (Wildman–Crippen LogP) is 5.77. The summed E-state index contributed by atoms with van der Waals surface area (Å²) in [6.07, 6.45) is 0.591. The lowest BCUT2D eigenvalue weighted by Gasteiger charge is -2.32. The fourth-order valence-corrected chi connectivity index (χ4v) is 3.02. The SMILES string of the molecule is C=C(C(=O)OC)[C@@H](OOC(CC)(CC)c1ccccc1)c1ccc(Cl)cc1. The first-order valence-corrected chi connectivity index (χ1v) is 9.27. The molecule has 0 unspecified atom stereocenters. The average molecular weight is 389 g/mol. The van der Waals surface area contributed by atoms with Crippen molar-refractivity contribution in [1.29, 1.82) is 0 Å². The van der Waals surface area contributed by atoms with Gasteiger partial charge >= 0.3 is 5.97 Å². The Balaban J connectivity index is 2.32. The molecule has 0 N–H and O–H groups in total. The van der Waals surface area contributed by atoms with Crippen LogP contribution < -0.4 is 0 Å². The van der Waals surface area contributed by atoms with E-state index in [1.165, 1.54) is 7.11 Å². The van der Waals surface area contributed by atoms with Crippen molar-refractivity contribution in [3.8, 4) is 0 Å². The molecule has 0 saturated carbocycles. The quantitative estimate of drug-likeness (QED) is 0.236. The van der Waals surface area contributed by atoms with Crippen LogP contribution in [0, 0.1) is 0 Å². The molecule has 0 saturated heterocycles. The van der Waals surface area contributed by atoms with Crippen molar-refractivity contribution in [3.63, 3.8) is 0 Å². The number of carbonyl (C=O) groups excluding carboxylic acids is 1. The van der Waals surface area contributed by atoms with Crippen LogP contribution in [0.15, 0.2) is 66.7 Å². The number of ether oxygens (including phenoxy) is 1. The van der Waals surface area contributed by atoms with Gasteiger partial charge in [0.15, 0.2) is 0 Å². The van der Waals surface area contributed by atoms with E-state index < -0.39 is 17.7 Å². The second kappa shape index (κ2) is 9.70. The summed E-state index contributed by atoms with van der Waals surface area (Å²) >= 11 is 5.97. The van der Waals surface area contributed by atoms with Crippen molar-refractivity contribution in [2.45, 2.75) is 38.4 Å². The molecule has 5 heteroatoms. The fraction of sp³-hybridized carbons (Fsp3) is 0.318. The highest BCUT2D eigenvalue weighted by molar-refractivity contribution is 6.30. The van der Waals surface area contributed by atoms with Crippen LogP contribution in [0.3, 0.4) is 0 Å². The maximum absolute atomic E-state index is 12.0. The molecule has 0 aromatic heterocycles. The molecule has 0 aliphatic heterocycles. The normalized spacial score (nSPS) is 12.4. The molecular weight excluding hydrogens is 364 g/mol. The first-order chi connectivity index (χ1) is 13.0. The molecule has 0 spiro atoms. The standard InChI is InChI=1S/C22H25ClO4/c1-5-22(6-2,18-10-8-7-9-11-18)27-26-20(16(3)21(24)25-4)17-12-14-19(23)15-13-17/h7-15,20H,3,5-6H2,1-2,4H3/t20-/m1/s1. The van der Waals surface area contributed by atoms with E-state index in [4.69, 9.17) is 26.1 Å². The molecule has 0 heterocycles. The zero-order chi connectivity index (χ0) is 19.9. The van der Waals surface area contributed by atoms with Gasteiger partial charge in [-0.1, -0.05) is 74.5 Å². The molecule has 0 fully saturated rings. The third kappa shape index (κ3) is 4.98. The van der Waals surface area contributed by atoms with Crippen LogP contribution in [-0.4, -0.2) is 13.1 Å². The maximum atomic E-state index is 12.0. The number of benzene rings is 2. The first kappa shape index (κ1) is 21.2. The minimum absolute atomic E-state index is 0.147. The van der Waals surface area contributed by atoms with E-state index in [1.807, 2.05) is 44.2 Å². The largest absolute Gasteiger partial charge is 0.466 e. The lowest BCUT2D eigenvalue weighted by atomic mass is 9.89.